The third-order valence-electron chi connectivity index (χ3n) is 2.53. The topological polar surface area (TPSA) is 56.3 Å². The SMILES string of the molecule is CC1(C)Oc2ccc(NCc3csnn3)cc2O1. The van der Waals surface area contributed by atoms with E-state index in [0.717, 1.165) is 22.9 Å². The fraction of sp³-hybridized carbons (Fsp3) is 0.333. The maximum Gasteiger partial charge on any atom is 0.246 e. The Balaban J connectivity index is 1.72. The first-order chi connectivity index (χ1) is 8.62. The van der Waals surface area contributed by atoms with Crippen molar-refractivity contribution in [3.63, 3.8) is 0 Å². The van der Waals surface area contributed by atoms with Crippen molar-refractivity contribution in [3.8, 4) is 11.5 Å². The summed E-state index contributed by atoms with van der Waals surface area (Å²) in [6, 6.07) is 5.80. The number of ether oxygens (including phenoxy) is 2. The Labute approximate surface area is 109 Å². The second-order valence-electron chi connectivity index (χ2n) is 4.52. The first kappa shape index (κ1) is 11.3. The Kier molecular flexibility index (Phi) is 2.59. The lowest BCUT2D eigenvalue weighted by Gasteiger charge is -2.16. The summed E-state index contributed by atoms with van der Waals surface area (Å²) in [6.07, 6.45) is 0. The molecule has 0 spiro atoms. The van der Waals surface area contributed by atoms with Crippen LogP contribution in [0.4, 0.5) is 5.69 Å². The number of anilines is 1. The van der Waals surface area contributed by atoms with Gasteiger partial charge in [-0.25, -0.2) is 0 Å². The third-order valence-corrected chi connectivity index (χ3v) is 3.09. The van der Waals surface area contributed by atoms with E-state index in [1.165, 1.54) is 11.5 Å². The highest BCUT2D eigenvalue weighted by Crippen LogP contribution is 2.40. The molecule has 0 unspecified atom stereocenters. The van der Waals surface area contributed by atoms with E-state index < -0.39 is 5.79 Å². The monoisotopic (exact) mass is 263 g/mol. The Hall–Kier alpha value is -1.82. The van der Waals surface area contributed by atoms with Crippen molar-refractivity contribution in [1.82, 2.24) is 9.59 Å². The van der Waals surface area contributed by atoms with Gasteiger partial charge < -0.3 is 14.8 Å². The summed E-state index contributed by atoms with van der Waals surface area (Å²) in [6.45, 7) is 4.43. The van der Waals surface area contributed by atoms with Gasteiger partial charge in [0, 0.05) is 31.0 Å². The fourth-order valence-corrected chi connectivity index (χ4v) is 2.24. The first-order valence-corrected chi connectivity index (χ1v) is 6.48. The van der Waals surface area contributed by atoms with Crippen molar-refractivity contribution < 1.29 is 9.47 Å². The van der Waals surface area contributed by atoms with E-state index in [1.807, 2.05) is 37.4 Å². The summed E-state index contributed by atoms with van der Waals surface area (Å²) in [7, 11) is 0. The maximum absolute atomic E-state index is 5.68. The van der Waals surface area contributed by atoms with Gasteiger partial charge in [-0.15, -0.1) is 5.10 Å². The van der Waals surface area contributed by atoms with Crippen LogP contribution in [0.5, 0.6) is 11.5 Å². The fourth-order valence-electron chi connectivity index (χ4n) is 1.79. The van der Waals surface area contributed by atoms with Crippen molar-refractivity contribution in [1.29, 1.82) is 0 Å². The molecule has 0 amide bonds. The standard InChI is InChI=1S/C12H13N3O2S/c1-12(2)16-10-4-3-8(5-11(10)17-12)13-6-9-7-18-15-14-9/h3-5,7,13H,6H2,1-2H3. The highest BCUT2D eigenvalue weighted by atomic mass is 32.1. The predicted molar refractivity (Wildman–Crippen MR) is 69.0 cm³/mol. The Bertz CT molecular complexity index is 554. The summed E-state index contributed by atoms with van der Waals surface area (Å²) in [5, 5.41) is 9.17. The van der Waals surface area contributed by atoms with Gasteiger partial charge in [-0.2, -0.15) is 0 Å². The molecule has 0 bridgehead atoms. The molecule has 2 aromatic rings. The van der Waals surface area contributed by atoms with Crippen molar-refractivity contribution >= 4 is 17.2 Å². The number of nitrogens with zero attached hydrogens (tertiary/aromatic N) is 2. The molecular formula is C12H13N3O2S. The van der Waals surface area contributed by atoms with Crippen LogP contribution in [0.2, 0.25) is 0 Å². The highest BCUT2D eigenvalue weighted by molar-refractivity contribution is 7.03. The van der Waals surface area contributed by atoms with Crippen LogP contribution in [0.25, 0.3) is 0 Å². The van der Waals surface area contributed by atoms with Crippen molar-refractivity contribution in [2.45, 2.75) is 26.2 Å². The molecule has 3 rings (SSSR count). The molecule has 1 aliphatic heterocycles. The van der Waals surface area contributed by atoms with E-state index in [0.29, 0.717) is 6.54 Å². The minimum atomic E-state index is -0.584. The first-order valence-electron chi connectivity index (χ1n) is 5.64. The van der Waals surface area contributed by atoms with Crippen LogP contribution in [0, 0.1) is 0 Å². The third kappa shape index (κ3) is 2.24. The van der Waals surface area contributed by atoms with Crippen LogP contribution in [0.3, 0.4) is 0 Å². The molecule has 94 valence electrons. The summed E-state index contributed by atoms with van der Waals surface area (Å²) >= 11 is 1.35. The molecule has 0 atom stereocenters. The van der Waals surface area contributed by atoms with Gasteiger partial charge in [0.1, 0.15) is 0 Å². The minimum Gasteiger partial charge on any atom is -0.449 e. The zero-order valence-corrected chi connectivity index (χ0v) is 11.0. The number of hydrogen-bond acceptors (Lipinski definition) is 6. The van der Waals surface area contributed by atoms with Crippen LogP contribution in [0.1, 0.15) is 19.5 Å². The van der Waals surface area contributed by atoms with Gasteiger partial charge in [0.25, 0.3) is 0 Å². The molecular weight excluding hydrogens is 250 g/mol. The maximum atomic E-state index is 5.68. The van der Waals surface area contributed by atoms with E-state index in [9.17, 15) is 0 Å². The van der Waals surface area contributed by atoms with E-state index in [1.54, 1.807) is 0 Å². The summed E-state index contributed by atoms with van der Waals surface area (Å²) in [4.78, 5) is 0. The molecule has 1 aliphatic rings. The van der Waals surface area contributed by atoms with Crippen LogP contribution in [-0.2, 0) is 6.54 Å². The summed E-state index contributed by atoms with van der Waals surface area (Å²) in [5.41, 5.74) is 1.90. The van der Waals surface area contributed by atoms with Gasteiger partial charge in [-0.05, 0) is 23.7 Å². The zero-order chi connectivity index (χ0) is 12.6. The average Bonchev–Trinajstić information content (AvgIpc) is 2.90. The van der Waals surface area contributed by atoms with Crippen LogP contribution in [-0.4, -0.2) is 15.4 Å². The molecule has 0 radical (unpaired) electrons. The van der Waals surface area contributed by atoms with Gasteiger partial charge in [0.2, 0.25) is 5.79 Å². The molecule has 1 aromatic carbocycles. The van der Waals surface area contributed by atoms with Crippen LogP contribution >= 0.6 is 11.5 Å². The molecule has 1 aromatic heterocycles. The molecule has 6 heteroatoms. The average molecular weight is 263 g/mol. The molecule has 1 N–H and O–H groups in total. The van der Waals surface area contributed by atoms with Gasteiger partial charge in [-0.3, -0.25) is 0 Å². The normalized spacial score (nSPS) is 15.7. The van der Waals surface area contributed by atoms with Crippen molar-refractivity contribution in [3.05, 3.63) is 29.3 Å². The zero-order valence-electron chi connectivity index (χ0n) is 10.1. The van der Waals surface area contributed by atoms with E-state index >= 15 is 0 Å². The minimum absolute atomic E-state index is 0.584. The lowest BCUT2D eigenvalue weighted by atomic mass is 10.2. The quantitative estimate of drug-likeness (QED) is 0.922. The van der Waals surface area contributed by atoms with E-state index in [4.69, 9.17) is 9.47 Å². The summed E-state index contributed by atoms with van der Waals surface area (Å²) < 4.78 is 15.1. The second kappa shape index (κ2) is 4.13. The van der Waals surface area contributed by atoms with Gasteiger partial charge in [-0.1, -0.05) is 4.49 Å². The number of aromatic nitrogens is 2. The lowest BCUT2D eigenvalue weighted by Crippen LogP contribution is -2.29. The molecule has 0 fully saturated rings. The van der Waals surface area contributed by atoms with Crippen molar-refractivity contribution in [2.24, 2.45) is 0 Å². The van der Waals surface area contributed by atoms with Gasteiger partial charge in [0.15, 0.2) is 11.5 Å². The van der Waals surface area contributed by atoms with Gasteiger partial charge in [0.05, 0.1) is 12.2 Å². The second-order valence-corrected chi connectivity index (χ2v) is 5.13. The number of rotatable bonds is 3. The lowest BCUT2D eigenvalue weighted by molar-refractivity contribution is -0.0431. The molecule has 18 heavy (non-hydrogen) atoms. The summed E-state index contributed by atoms with van der Waals surface area (Å²) in [5.74, 6) is 0.960. The van der Waals surface area contributed by atoms with Gasteiger partial charge >= 0.3 is 0 Å². The molecule has 0 saturated carbocycles. The number of fused-ring (bicyclic) bond motifs is 1. The van der Waals surface area contributed by atoms with E-state index in [2.05, 4.69) is 14.9 Å². The largest absolute Gasteiger partial charge is 0.449 e. The number of hydrogen-bond donors (Lipinski definition) is 1. The van der Waals surface area contributed by atoms with E-state index in [-0.39, 0.29) is 0 Å². The van der Waals surface area contributed by atoms with Crippen LogP contribution < -0.4 is 14.8 Å². The molecule has 0 saturated heterocycles. The highest BCUT2D eigenvalue weighted by Gasteiger charge is 2.31. The Morgan fingerprint density at radius 3 is 2.89 bits per heavy atom. The smallest absolute Gasteiger partial charge is 0.246 e. The van der Waals surface area contributed by atoms with Crippen molar-refractivity contribution in [2.75, 3.05) is 5.32 Å². The molecule has 5 nitrogen and oxygen atoms in total. The number of benzene rings is 1. The molecule has 0 aliphatic carbocycles. The number of nitrogens with one attached hydrogen (secondary N) is 1. The predicted octanol–water partition coefficient (Wildman–Crippen LogP) is 2.66. The Morgan fingerprint density at radius 2 is 2.11 bits per heavy atom. The Morgan fingerprint density at radius 1 is 1.28 bits per heavy atom. The van der Waals surface area contributed by atoms with Crippen LogP contribution in [0.15, 0.2) is 23.6 Å². The molecule has 2 heterocycles.